The maximum absolute atomic E-state index is 12.9. The Morgan fingerprint density at radius 1 is 1.08 bits per heavy atom. The first-order valence-electron chi connectivity index (χ1n) is 8.69. The molecule has 5 nitrogen and oxygen atoms in total. The van der Waals surface area contributed by atoms with Crippen molar-refractivity contribution < 1.29 is 4.79 Å². The van der Waals surface area contributed by atoms with E-state index >= 15 is 0 Å². The van der Waals surface area contributed by atoms with Crippen LogP contribution in [0, 0.1) is 6.92 Å². The van der Waals surface area contributed by atoms with Gasteiger partial charge in [-0.25, -0.2) is 9.97 Å². The van der Waals surface area contributed by atoms with E-state index in [-0.39, 0.29) is 11.9 Å². The van der Waals surface area contributed by atoms with Gasteiger partial charge in [0.2, 0.25) is 0 Å². The summed E-state index contributed by atoms with van der Waals surface area (Å²) in [4.78, 5) is 23.4. The number of anilines is 3. The largest absolute Gasteiger partial charge is 0.339 e. The van der Waals surface area contributed by atoms with E-state index in [1.165, 1.54) is 17.3 Å². The van der Waals surface area contributed by atoms with Gasteiger partial charge in [0.1, 0.15) is 11.5 Å². The number of benzene rings is 2. The summed E-state index contributed by atoms with van der Waals surface area (Å²) in [5.74, 6) is 0.497. The first-order valence-corrected chi connectivity index (χ1v) is 8.69. The molecule has 0 saturated heterocycles. The summed E-state index contributed by atoms with van der Waals surface area (Å²) in [6.45, 7) is 4.10. The van der Waals surface area contributed by atoms with Crippen LogP contribution in [0.25, 0.3) is 0 Å². The molecule has 1 N–H and O–H groups in total. The highest BCUT2D eigenvalue weighted by atomic mass is 16.2. The van der Waals surface area contributed by atoms with Crippen molar-refractivity contribution in [2.45, 2.75) is 26.3 Å². The number of nitrogens with one attached hydrogen (secondary N) is 1. The molecule has 5 heteroatoms. The summed E-state index contributed by atoms with van der Waals surface area (Å²) in [5, 5.41) is 3.19. The minimum Gasteiger partial charge on any atom is -0.339 e. The molecule has 1 aliphatic heterocycles. The fourth-order valence-electron chi connectivity index (χ4n) is 3.29. The summed E-state index contributed by atoms with van der Waals surface area (Å²) in [7, 11) is 0. The molecule has 0 saturated carbocycles. The zero-order valence-electron chi connectivity index (χ0n) is 14.8. The van der Waals surface area contributed by atoms with Gasteiger partial charge < -0.3 is 10.2 Å². The number of aryl methyl sites for hydroxylation is 1. The van der Waals surface area contributed by atoms with Gasteiger partial charge in [0, 0.05) is 17.4 Å². The Hall–Kier alpha value is -3.21. The van der Waals surface area contributed by atoms with Crippen LogP contribution in [0.3, 0.4) is 0 Å². The van der Waals surface area contributed by atoms with Crippen LogP contribution in [0.5, 0.6) is 0 Å². The van der Waals surface area contributed by atoms with Gasteiger partial charge in [-0.15, -0.1) is 0 Å². The van der Waals surface area contributed by atoms with Gasteiger partial charge in [0.25, 0.3) is 5.91 Å². The SMILES string of the molecule is Cc1ccc(Nc2cnc(C(=O)N3c4ccccc4CC3C)cn2)cc1. The van der Waals surface area contributed by atoms with Gasteiger partial charge in [-0.1, -0.05) is 35.9 Å². The fourth-order valence-corrected chi connectivity index (χ4v) is 3.29. The van der Waals surface area contributed by atoms with Crippen molar-refractivity contribution in [1.29, 1.82) is 0 Å². The highest BCUT2D eigenvalue weighted by Crippen LogP contribution is 2.32. The van der Waals surface area contributed by atoms with E-state index in [4.69, 9.17) is 0 Å². The zero-order chi connectivity index (χ0) is 18.1. The standard InChI is InChI=1S/C21H20N4O/c1-14-7-9-17(10-8-14)24-20-13-22-18(12-23-20)21(26)25-15(2)11-16-5-3-4-6-19(16)25/h3-10,12-13,15H,11H2,1-2H3,(H,23,24). The summed E-state index contributed by atoms with van der Waals surface area (Å²) < 4.78 is 0. The van der Waals surface area contributed by atoms with Crippen molar-refractivity contribution in [3.05, 3.63) is 77.7 Å². The predicted molar refractivity (Wildman–Crippen MR) is 103 cm³/mol. The molecule has 4 rings (SSSR count). The Balaban J connectivity index is 1.53. The second-order valence-electron chi connectivity index (χ2n) is 6.63. The third-order valence-corrected chi connectivity index (χ3v) is 4.62. The van der Waals surface area contributed by atoms with Gasteiger partial charge >= 0.3 is 0 Å². The highest BCUT2D eigenvalue weighted by molar-refractivity contribution is 6.06. The van der Waals surface area contributed by atoms with Crippen LogP contribution in [0.2, 0.25) is 0 Å². The Morgan fingerprint density at radius 3 is 2.58 bits per heavy atom. The Labute approximate surface area is 152 Å². The average Bonchev–Trinajstić information content (AvgIpc) is 2.99. The summed E-state index contributed by atoms with van der Waals surface area (Å²) >= 11 is 0. The fraction of sp³-hybridized carbons (Fsp3) is 0.190. The van der Waals surface area contributed by atoms with E-state index in [1.54, 1.807) is 6.20 Å². The third-order valence-electron chi connectivity index (χ3n) is 4.62. The van der Waals surface area contributed by atoms with Crippen molar-refractivity contribution in [3.8, 4) is 0 Å². The minimum absolute atomic E-state index is 0.114. The maximum atomic E-state index is 12.9. The zero-order valence-corrected chi connectivity index (χ0v) is 14.8. The van der Waals surface area contributed by atoms with Gasteiger partial charge in [-0.3, -0.25) is 4.79 Å². The first kappa shape index (κ1) is 16.3. The molecule has 0 spiro atoms. The molecular formula is C21H20N4O. The lowest BCUT2D eigenvalue weighted by Gasteiger charge is -2.22. The average molecular weight is 344 g/mol. The van der Waals surface area contributed by atoms with Crippen LogP contribution in [-0.2, 0) is 6.42 Å². The number of hydrogen-bond acceptors (Lipinski definition) is 4. The number of aromatic nitrogens is 2. The number of hydrogen-bond donors (Lipinski definition) is 1. The maximum Gasteiger partial charge on any atom is 0.278 e. The van der Waals surface area contributed by atoms with Gasteiger partial charge in [0.15, 0.2) is 0 Å². The van der Waals surface area contributed by atoms with E-state index in [0.29, 0.717) is 11.5 Å². The molecule has 2 aromatic carbocycles. The van der Waals surface area contributed by atoms with Crippen molar-refractivity contribution in [1.82, 2.24) is 9.97 Å². The number of rotatable bonds is 3. The van der Waals surface area contributed by atoms with Crippen molar-refractivity contribution in [3.63, 3.8) is 0 Å². The molecule has 3 aromatic rings. The van der Waals surface area contributed by atoms with E-state index < -0.39 is 0 Å². The summed E-state index contributed by atoms with van der Waals surface area (Å²) in [5.41, 5.74) is 4.64. The number of fused-ring (bicyclic) bond motifs is 1. The molecule has 1 unspecified atom stereocenters. The normalized spacial score (nSPS) is 15.6. The van der Waals surface area contributed by atoms with Gasteiger partial charge in [-0.05, 0) is 44.0 Å². The van der Waals surface area contributed by atoms with Crippen molar-refractivity contribution in [2.75, 3.05) is 10.2 Å². The van der Waals surface area contributed by atoms with Crippen LogP contribution in [0.15, 0.2) is 60.9 Å². The molecule has 1 aromatic heterocycles. The number of nitrogens with zero attached hydrogens (tertiary/aromatic N) is 3. The van der Waals surface area contributed by atoms with E-state index in [0.717, 1.165) is 17.8 Å². The van der Waals surface area contributed by atoms with Crippen LogP contribution in [-0.4, -0.2) is 21.9 Å². The molecule has 130 valence electrons. The summed E-state index contributed by atoms with van der Waals surface area (Å²) in [6.07, 6.45) is 3.99. The smallest absolute Gasteiger partial charge is 0.278 e. The second-order valence-corrected chi connectivity index (χ2v) is 6.63. The number of para-hydroxylation sites is 1. The third kappa shape index (κ3) is 3.04. The molecule has 0 bridgehead atoms. The van der Waals surface area contributed by atoms with Crippen molar-refractivity contribution >= 4 is 23.1 Å². The lowest BCUT2D eigenvalue weighted by Crippen LogP contribution is -2.36. The molecular weight excluding hydrogens is 324 g/mol. The lowest BCUT2D eigenvalue weighted by atomic mass is 10.1. The van der Waals surface area contributed by atoms with Crippen LogP contribution < -0.4 is 10.2 Å². The van der Waals surface area contributed by atoms with Gasteiger partial charge in [-0.2, -0.15) is 0 Å². The van der Waals surface area contributed by atoms with Crippen molar-refractivity contribution in [2.24, 2.45) is 0 Å². The number of carbonyl (C=O) groups is 1. The quantitative estimate of drug-likeness (QED) is 0.776. The van der Waals surface area contributed by atoms with Crippen LogP contribution >= 0.6 is 0 Å². The lowest BCUT2D eigenvalue weighted by molar-refractivity contribution is 0.0976. The molecule has 0 fully saturated rings. The highest BCUT2D eigenvalue weighted by Gasteiger charge is 2.31. The first-order chi connectivity index (χ1) is 12.6. The molecule has 1 amide bonds. The van der Waals surface area contributed by atoms with E-state index in [9.17, 15) is 4.79 Å². The molecule has 1 aliphatic rings. The Bertz CT molecular complexity index is 935. The monoisotopic (exact) mass is 344 g/mol. The molecule has 1 atom stereocenters. The molecule has 0 aliphatic carbocycles. The van der Waals surface area contributed by atoms with Gasteiger partial charge in [0.05, 0.1) is 12.4 Å². The van der Waals surface area contributed by atoms with Crippen LogP contribution in [0.4, 0.5) is 17.2 Å². The number of carbonyl (C=O) groups excluding carboxylic acids is 1. The number of amides is 1. The molecule has 2 heterocycles. The Kier molecular flexibility index (Phi) is 4.13. The predicted octanol–water partition coefficient (Wildman–Crippen LogP) is 4.12. The van der Waals surface area contributed by atoms with E-state index in [1.807, 2.05) is 54.3 Å². The molecule has 0 radical (unpaired) electrons. The minimum atomic E-state index is -0.114. The summed E-state index contributed by atoms with van der Waals surface area (Å²) in [6, 6.07) is 16.2. The Morgan fingerprint density at radius 2 is 1.85 bits per heavy atom. The van der Waals surface area contributed by atoms with Crippen LogP contribution in [0.1, 0.15) is 28.5 Å². The molecule has 26 heavy (non-hydrogen) atoms. The topological polar surface area (TPSA) is 58.1 Å². The second kappa shape index (κ2) is 6.59. The van der Waals surface area contributed by atoms with E-state index in [2.05, 4.69) is 28.3 Å².